The maximum Gasteiger partial charge on any atom is 0.335 e. The summed E-state index contributed by atoms with van der Waals surface area (Å²) in [6.45, 7) is 3.40. The van der Waals surface area contributed by atoms with Crippen molar-refractivity contribution in [3.05, 3.63) is 35.2 Å². The summed E-state index contributed by atoms with van der Waals surface area (Å²) in [6.07, 6.45) is 0. The summed E-state index contributed by atoms with van der Waals surface area (Å²) in [4.78, 5) is 26.6. The number of rotatable bonds is 3. The molecule has 0 radical (unpaired) electrons. The highest BCUT2D eigenvalue weighted by molar-refractivity contribution is 7.09. The normalized spacial score (nSPS) is 10.1. The smallest absolute Gasteiger partial charge is 0.335 e. The first-order valence-corrected chi connectivity index (χ1v) is 6.45. The molecular formula is C12H12N4O3S. The molecule has 0 aliphatic carbocycles. The number of anilines is 2. The first-order valence-electron chi connectivity index (χ1n) is 5.68. The van der Waals surface area contributed by atoms with Crippen LogP contribution in [0.25, 0.3) is 0 Å². The fourth-order valence-electron chi connectivity index (χ4n) is 1.59. The summed E-state index contributed by atoms with van der Waals surface area (Å²) >= 11 is 1.09. The van der Waals surface area contributed by atoms with Crippen LogP contribution in [0.4, 0.5) is 15.6 Å². The van der Waals surface area contributed by atoms with Gasteiger partial charge in [0.15, 0.2) is 0 Å². The van der Waals surface area contributed by atoms with E-state index in [1.54, 1.807) is 19.9 Å². The summed E-state index contributed by atoms with van der Waals surface area (Å²) < 4.78 is 3.94. The Morgan fingerprint density at radius 1 is 1.25 bits per heavy atom. The molecule has 0 aliphatic heterocycles. The van der Waals surface area contributed by atoms with Crippen molar-refractivity contribution < 1.29 is 14.7 Å². The molecule has 0 aliphatic rings. The molecule has 0 saturated heterocycles. The lowest BCUT2D eigenvalue weighted by atomic mass is 10.1. The molecule has 1 aromatic carbocycles. The van der Waals surface area contributed by atoms with Crippen LogP contribution in [-0.4, -0.2) is 26.5 Å². The van der Waals surface area contributed by atoms with Crippen molar-refractivity contribution in [1.29, 1.82) is 0 Å². The van der Waals surface area contributed by atoms with Crippen molar-refractivity contribution >= 4 is 34.4 Å². The molecule has 0 atom stereocenters. The molecule has 1 heterocycles. The number of carbonyl (C=O) groups excluding carboxylic acids is 1. The molecular weight excluding hydrogens is 280 g/mol. The molecule has 2 amide bonds. The van der Waals surface area contributed by atoms with E-state index in [-0.39, 0.29) is 5.56 Å². The molecule has 0 bridgehead atoms. The lowest BCUT2D eigenvalue weighted by molar-refractivity contribution is 0.0696. The second kappa shape index (κ2) is 5.66. The molecule has 104 valence electrons. The summed E-state index contributed by atoms with van der Waals surface area (Å²) in [7, 11) is 0. The average molecular weight is 292 g/mol. The van der Waals surface area contributed by atoms with Gasteiger partial charge in [-0.3, -0.25) is 5.32 Å². The number of carboxylic acids is 1. The number of aromatic nitrogens is 2. The van der Waals surface area contributed by atoms with Crippen molar-refractivity contribution in [2.24, 2.45) is 0 Å². The van der Waals surface area contributed by atoms with Gasteiger partial charge in [0, 0.05) is 17.2 Å². The van der Waals surface area contributed by atoms with Crippen LogP contribution in [0.1, 0.15) is 21.7 Å². The van der Waals surface area contributed by atoms with Crippen LogP contribution in [0.15, 0.2) is 18.2 Å². The van der Waals surface area contributed by atoms with Gasteiger partial charge < -0.3 is 10.4 Å². The summed E-state index contributed by atoms with van der Waals surface area (Å²) in [6, 6.07) is 4.11. The summed E-state index contributed by atoms with van der Waals surface area (Å²) in [5, 5.41) is 14.5. The number of benzene rings is 1. The monoisotopic (exact) mass is 292 g/mol. The molecule has 3 N–H and O–H groups in total. The van der Waals surface area contributed by atoms with E-state index in [0.717, 1.165) is 11.5 Å². The van der Waals surface area contributed by atoms with E-state index >= 15 is 0 Å². The minimum atomic E-state index is -0.997. The number of hydrogen-bond acceptors (Lipinski definition) is 5. The van der Waals surface area contributed by atoms with Gasteiger partial charge in [-0.2, -0.15) is 4.37 Å². The Bertz CT molecular complexity index is 668. The van der Waals surface area contributed by atoms with Crippen LogP contribution >= 0.6 is 11.5 Å². The molecule has 2 aromatic rings. The number of aryl methyl sites for hydroxylation is 2. The number of aromatic carboxylic acids is 1. The number of carbonyl (C=O) groups is 2. The third-order valence-corrected chi connectivity index (χ3v) is 3.18. The van der Waals surface area contributed by atoms with Crippen LogP contribution in [0.2, 0.25) is 0 Å². The maximum absolute atomic E-state index is 11.7. The number of nitrogens with one attached hydrogen (secondary N) is 2. The van der Waals surface area contributed by atoms with Crippen molar-refractivity contribution in [2.75, 3.05) is 10.6 Å². The second-order valence-electron chi connectivity index (χ2n) is 4.06. The molecule has 20 heavy (non-hydrogen) atoms. The van der Waals surface area contributed by atoms with Crippen LogP contribution in [0, 0.1) is 13.8 Å². The van der Waals surface area contributed by atoms with Gasteiger partial charge in [0.25, 0.3) is 0 Å². The predicted molar refractivity (Wildman–Crippen MR) is 75.4 cm³/mol. The summed E-state index contributed by atoms with van der Waals surface area (Å²) in [5.74, 6) is -0.408. The number of nitrogens with zero attached hydrogens (tertiary/aromatic N) is 2. The molecule has 0 fully saturated rings. The first-order chi connectivity index (χ1) is 9.45. The minimum absolute atomic E-state index is 0.204. The van der Waals surface area contributed by atoms with Gasteiger partial charge in [-0.1, -0.05) is 0 Å². The van der Waals surface area contributed by atoms with E-state index < -0.39 is 12.0 Å². The van der Waals surface area contributed by atoms with E-state index in [2.05, 4.69) is 20.0 Å². The van der Waals surface area contributed by atoms with E-state index in [9.17, 15) is 9.59 Å². The van der Waals surface area contributed by atoms with Crippen molar-refractivity contribution in [2.45, 2.75) is 13.8 Å². The lowest BCUT2D eigenvalue weighted by Gasteiger charge is -2.07. The SMILES string of the molecule is Cc1nsc(NC(=O)Nc2ccc(C(=O)O)c(C)c2)n1. The highest BCUT2D eigenvalue weighted by atomic mass is 32.1. The highest BCUT2D eigenvalue weighted by Gasteiger charge is 2.10. The third kappa shape index (κ3) is 3.29. The standard InChI is InChI=1S/C12H12N4O3S/c1-6-5-8(3-4-9(6)10(17)18)14-11(19)15-12-13-7(2)16-20-12/h3-5H,1-2H3,(H,17,18)(H2,13,14,15,16,19). The molecule has 1 aromatic heterocycles. The average Bonchev–Trinajstić information content (AvgIpc) is 2.74. The third-order valence-electron chi connectivity index (χ3n) is 2.46. The lowest BCUT2D eigenvalue weighted by Crippen LogP contribution is -2.19. The van der Waals surface area contributed by atoms with Crippen molar-refractivity contribution in [3.63, 3.8) is 0 Å². The van der Waals surface area contributed by atoms with Crippen molar-refractivity contribution in [3.8, 4) is 0 Å². The number of urea groups is 1. The van der Waals surface area contributed by atoms with Gasteiger partial charge in [-0.25, -0.2) is 14.6 Å². The number of amides is 2. The predicted octanol–water partition coefficient (Wildman–Crippen LogP) is 2.50. The molecule has 7 nitrogen and oxygen atoms in total. The maximum atomic E-state index is 11.7. The number of hydrogen-bond donors (Lipinski definition) is 3. The summed E-state index contributed by atoms with van der Waals surface area (Å²) in [5.41, 5.74) is 1.28. The van der Waals surface area contributed by atoms with E-state index in [4.69, 9.17) is 5.11 Å². The zero-order chi connectivity index (χ0) is 14.7. The Hall–Kier alpha value is -2.48. The fourth-order valence-corrected chi connectivity index (χ4v) is 2.16. The highest BCUT2D eigenvalue weighted by Crippen LogP contribution is 2.16. The van der Waals surface area contributed by atoms with E-state index in [1.807, 2.05) is 0 Å². The van der Waals surface area contributed by atoms with Gasteiger partial charge in [0.05, 0.1) is 5.56 Å². The van der Waals surface area contributed by atoms with E-state index in [0.29, 0.717) is 22.2 Å². The second-order valence-corrected chi connectivity index (χ2v) is 4.81. The van der Waals surface area contributed by atoms with Crippen LogP contribution in [0.5, 0.6) is 0 Å². The van der Waals surface area contributed by atoms with Gasteiger partial charge in [0.1, 0.15) is 5.82 Å². The van der Waals surface area contributed by atoms with Crippen LogP contribution in [-0.2, 0) is 0 Å². The van der Waals surface area contributed by atoms with Crippen LogP contribution in [0.3, 0.4) is 0 Å². The van der Waals surface area contributed by atoms with Gasteiger partial charge >= 0.3 is 12.0 Å². The first kappa shape index (κ1) is 13.9. The largest absolute Gasteiger partial charge is 0.478 e. The minimum Gasteiger partial charge on any atom is -0.478 e. The van der Waals surface area contributed by atoms with Gasteiger partial charge in [-0.05, 0) is 37.6 Å². The molecule has 0 saturated carbocycles. The molecule has 0 unspecified atom stereocenters. The van der Waals surface area contributed by atoms with Gasteiger partial charge in [-0.15, -0.1) is 0 Å². The van der Waals surface area contributed by atoms with Crippen LogP contribution < -0.4 is 10.6 Å². The Kier molecular flexibility index (Phi) is 3.94. The molecule has 0 spiro atoms. The van der Waals surface area contributed by atoms with E-state index in [1.165, 1.54) is 12.1 Å². The number of carboxylic acid groups (broad SMARTS) is 1. The van der Waals surface area contributed by atoms with Gasteiger partial charge in [0.2, 0.25) is 5.13 Å². The topological polar surface area (TPSA) is 104 Å². The zero-order valence-corrected chi connectivity index (χ0v) is 11.6. The van der Waals surface area contributed by atoms with Crippen molar-refractivity contribution in [1.82, 2.24) is 9.36 Å². The fraction of sp³-hybridized carbons (Fsp3) is 0.167. The Balaban J connectivity index is 2.04. The molecule has 8 heteroatoms. The Labute approximate surface area is 118 Å². The Morgan fingerprint density at radius 2 is 2.00 bits per heavy atom. The zero-order valence-electron chi connectivity index (χ0n) is 10.8. The molecule has 2 rings (SSSR count). The quantitative estimate of drug-likeness (QED) is 0.806. The Morgan fingerprint density at radius 3 is 2.55 bits per heavy atom.